The van der Waals surface area contributed by atoms with E-state index in [9.17, 15) is 8.42 Å². The highest BCUT2D eigenvalue weighted by molar-refractivity contribution is 7.92. The summed E-state index contributed by atoms with van der Waals surface area (Å²) in [4.78, 5) is 0.410. The van der Waals surface area contributed by atoms with Gasteiger partial charge in [0.2, 0.25) is 0 Å². The van der Waals surface area contributed by atoms with Crippen LogP contribution >= 0.6 is 0 Å². The van der Waals surface area contributed by atoms with E-state index in [1.165, 1.54) is 0 Å². The molecule has 94 valence electrons. The molecule has 4 heteroatoms. The van der Waals surface area contributed by atoms with Gasteiger partial charge in [-0.05, 0) is 47.0 Å². The SMILES string of the molecule is CNC.Cc1ccc(S(=O)(=O)C(C)C)cc1.[HH]. The monoisotopic (exact) mass is 245 g/mol. The molecule has 16 heavy (non-hydrogen) atoms. The first-order valence-corrected chi connectivity index (χ1v) is 6.80. The van der Waals surface area contributed by atoms with Crippen molar-refractivity contribution in [2.75, 3.05) is 14.1 Å². The fraction of sp³-hybridized carbons (Fsp3) is 0.500. The molecule has 1 aromatic carbocycles. The van der Waals surface area contributed by atoms with Crippen LogP contribution in [-0.4, -0.2) is 27.8 Å². The quantitative estimate of drug-likeness (QED) is 0.869. The molecular weight excluding hydrogens is 222 g/mol. The lowest BCUT2D eigenvalue weighted by Gasteiger charge is -2.07. The van der Waals surface area contributed by atoms with Crippen LogP contribution in [0.4, 0.5) is 0 Å². The molecule has 0 spiro atoms. The van der Waals surface area contributed by atoms with E-state index < -0.39 is 9.84 Å². The maximum atomic E-state index is 11.6. The molecule has 0 aliphatic heterocycles. The number of aryl methyl sites for hydroxylation is 1. The van der Waals surface area contributed by atoms with Crippen molar-refractivity contribution in [1.82, 2.24) is 5.32 Å². The Hall–Kier alpha value is -0.870. The summed E-state index contributed by atoms with van der Waals surface area (Å²) in [5, 5.41) is 2.40. The first-order chi connectivity index (χ1) is 7.36. The maximum Gasteiger partial charge on any atom is 0.180 e. The van der Waals surface area contributed by atoms with Crippen LogP contribution in [0.25, 0.3) is 0 Å². The largest absolute Gasteiger partial charge is 0.323 e. The van der Waals surface area contributed by atoms with E-state index in [0.717, 1.165) is 5.56 Å². The van der Waals surface area contributed by atoms with Crippen LogP contribution in [0.15, 0.2) is 29.2 Å². The lowest BCUT2D eigenvalue weighted by atomic mass is 10.2. The fourth-order valence-corrected chi connectivity index (χ4v) is 2.06. The minimum absolute atomic E-state index is 0. The average molecular weight is 245 g/mol. The molecule has 1 rings (SSSR count). The molecule has 0 aliphatic rings. The van der Waals surface area contributed by atoms with E-state index in [-0.39, 0.29) is 6.68 Å². The molecule has 0 aromatic heterocycles. The lowest BCUT2D eigenvalue weighted by Crippen LogP contribution is -2.13. The average Bonchev–Trinajstić information content (AvgIpc) is 2.19. The standard InChI is InChI=1S/C10H14O2S.C2H7N.H2/c1-8(2)13(11,12)10-6-4-9(3)5-7-10;1-3-2;/h4-8H,1-3H3;3H,1-2H3;1H. The van der Waals surface area contributed by atoms with Crippen molar-refractivity contribution < 1.29 is 9.84 Å². The summed E-state index contributed by atoms with van der Waals surface area (Å²) < 4.78 is 23.3. The fourth-order valence-electron chi connectivity index (χ4n) is 1.00. The number of sulfone groups is 1. The zero-order chi connectivity index (χ0) is 12.8. The lowest BCUT2D eigenvalue weighted by molar-refractivity contribution is 0.587. The molecule has 0 unspecified atom stereocenters. The van der Waals surface area contributed by atoms with Gasteiger partial charge in [-0.1, -0.05) is 17.7 Å². The van der Waals surface area contributed by atoms with Crippen LogP contribution in [-0.2, 0) is 9.84 Å². The summed E-state index contributed by atoms with van der Waals surface area (Å²) in [6.07, 6.45) is 0. The van der Waals surface area contributed by atoms with Gasteiger partial charge in [0, 0.05) is 1.43 Å². The molecule has 0 heterocycles. The predicted molar refractivity (Wildman–Crippen MR) is 70.6 cm³/mol. The van der Waals surface area contributed by atoms with Gasteiger partial charge in [0.25, 0.3) is 0 Å². The zero-order valence-electron chi connectivity index (χ0n) is 10.6. The Bertz CT molecular complexity index is 399. The zero-order valence-corrected chi connectivity index (χ0v) is 11.4. The molecule has 0 amide bonds. The second-order valence-electron chi connectivity index (χ2n) is 3.91. The van der Waals surface area contributed by atoms with Gasteiger partial charge in [-0.2, -0.15) is 0 Å². The van der Waals surface area contributed by atoms with E-state index in [2.05, 4.69) is 5.32 Å². The van der Waals surface area contributed by atoms with Gasteiger partial charge in [-0.3, -0.25) is 0 Å². The van der Waals surface area contributed by atoms with Crippen molar-refractivity contribution in [3.05, 3.63) is 29.8 Å². The second kappa shape index (κ2) is 6.66. The Kier molecular flexibility index (Phi) is 6.29. The van der Waals surface area contributed by atoms with E-state index in [0.29, 0.717) is 4.90 Å². The van der Waals surface area contributed by atoms with Crippen molar-refractivity contribution in [3.63, 3.8) is 0 Å². The number of rotatable bonds is 2. The van der Waals surface area contributed by atoms with Crippen molar-refractivity contribution in [2.45, 2.75) is 30.9 Å². The number of hydrogen-bond acceptors (Lipinski definition) is 3. The van der Waals surface area contributed by atoms with Crippen LogP contribution < -0.4 is 5.32 Å². The molecular formula is C12H23NO2S. The van der Waals surface area contributed by atoms with Crippen molar-refractivity contribution in [1.29, 1.82) is 0 Å². The summed E-state index contributed by atoms with van der Waals surface area (Å²) in [5.41, 5.74) is 1.07. The first-order valence-electron chi connectivity index (χ1n) is 5.25. The molecule has 1 aromatic rings. The highest BCUT2D eigenvalue weighted by Crippen LogP contribution is 2.15. The molecule has 0 saturated heterocycles. The molecule has 0 bridgehead atoms. The second-order valence-corrected chi connectivity index (χ2v) is 6.41. The van der Waals surface area contributed by atoms with Gasteiger partial charge < -0.3 is 5.32 Å². The Balaban J connectivity index is 0. The van der Waals surface area contributed by atoms with Gasteiger partial charge >= 0.3 is 0 Å². The normalized spacial score (nSPS) is 10.9. The van der Waals surface area contributed by atoms with Gasteiger partial charge in [0.05, 0.1) is 10.1 Å². The summed E-state index contributed by atoms with van der Waals surface area (Å²) in [7, 11) is 0.656. The topological polar surface area (TPSA) is 46.2 Å². The van der Waals surface area contributed by atoms with Gasteiger partial charge in [-0.25, -0.2) is 8.42 Å². The molecule has 0 fully saturated rings. The number of benzene rings is 1. The molecule has 0 atom stereocenters. The van der Waals surface area contributed by atoms with Crippen molar-refractivity contribution >= 4 is 9.84 Å². The van der Waals surface area contributed by atoms with E-state index >= 15 is 0 Å². The van der Waals surface area contributed by atoms with E-state index in [1.807, 2.05) is 33.2 Å². The Morgan fingerprint density at radius 2 is 1.50 bits per heavy atom. The maximum absolute atomic E-state index is 11.6. The molecule has 0 radical (unpaired) electrons. The van der Waals surface area contributed by atoms with Gasteiger partial charge in [0.1, 0.15) is 0 Å². The highest BCUT2D eigenvalue weighted by Gasteiger charge is 2.18. The summed E-state index contributed by atoms with van der Waals surface area (Å²) in [6.45, 7) is 5.32. The third kappa shape index (κ3) is 4.33. The molecule has 0 aliphatic carbocycles. The number of hydrogen-bond donors (Lipinski definition) is 1. The third-order valence-corrected chi connectivity index (χ3v) is 4.14. The van der Waals surface area contributed by atoms with Crippen LogP contribution in [0.5, 0.6) is 0 Å². The molecule has 3 nitrogen and oxygen atoms in total. The summed E-state index contributed by atoms with van der Waals surface area (Å²) >= 11 is 0. The van der Waals surface area contributed by atoms with E-state index in [4.69, 9.17) is 0 Å². The Morgan fingerprint density at radius 1 is 1.12 bits per heavy atom. The van der Waals surface area contributed by atoms with E-state index in [1.54, 1.807) is 26.0 Å². The van der Waals surface area contributed by atoms with Crippen LogP contribution in [0.3, 0.4) is 0 Å². The third-order valence-electron chi connectivity index (χ3n) is 1.97. The van der Waals surface area contributed by atoms with Gasteiger partial charge in [0.15, 0.2) is 9.84 Å². The van der Waals surface area contributed by atoms with Crippen LogP contribution in [0, 0.1) is 6.92 Å². The minimum atomic E-state index is -3.09. The Morgan fingerprint density at radius 3 is 1.81 bits per heavy atom. The smallest absolute Gasteiger partial charge is 0.180 e. The van der Waals surface area contributed by atoms with Crippen molar-refractivity contribution in [2.24, 2.45) is 0 Å². The predicted octanol–water partition coefficient (Wildman–Crippen LogP) is 2.26. The highest BCUT2D eigenvalue weighted by atomic mass is 32.2. The molecule has 0 saturated carbocycles. The molecule has 1 N–H and O–H groups in total. The number of nitrogens with one attached hydrogen (secondary N) is 1. The van der Waals surface area contributed by atoms with Crippen LogP contribution in [0.1, 0.15) is 20.8 Å². The van der Waals surface area contributed by atoms with Crippen LogP contribution in [0.2, 0.25) is 0 Å². The van der Waals surface area contributed by atoms with Gasteiger partial charge in [-0.15, -0.1) is 0 Å². The van der Waals surface area contributed by atoms with Crippen molar-refractivity contribution in [3.8, 4) is 0 Å². The minimum Gasteiger partial charge on any atom is -0.323 e. The Labute approximate surface area is 100 Å². The summed E-state index contributed by atoms with van der Waals surface area (Å²) in [6, 6.07) is 6.94. The summed E-state index contributed by atoms with van der Waals surface area (Å²) in [5.74, 6) is 0. The first kappa shape index (κ1) is 15.1.